The Kier molecular flexibility index (Phi) is 6.59. The van der Waals surface area contributed by atoms with Crippen molar-refractivity contribution in [2.24, 2.45) is 0 Å². The molecule has 37 heavy (non-hydrogen) atoms. The van der Waals surface area contributed by atoms with Gasteiger partial charge in [0.1, 0.15) is 22.9 Å². The van der Waals surface area contributed by atoms with E-state index in [9.17, 15) is 17.6 Å². The number of aromatic nitrogens is 4. The molecule has 5 rings (SSSR count). The van der Waals surface area contributed by atoms with Crippen LogP contribution in [0.1, 0.15) is 61.8 Å². The number of benzene rings is 1. The van der Waals surface area contributed by atoms with E-state index in [4.69, 9.17) is 14.2 Å². The number of halogens is 4. The number of pyridine rings is 1. The molecule has 1 aromatic carbocycles. The van der Waals surface area contributed by atoms with E-state index in [1.165, 1.54) is 0 Å². The maximum Gasteiger partial charge on any atom is 0.345 e. The Hall–Kier alpha value is -3.21. The van der Waals surface area contributed by atoms with Gasteiger partial charge >= 0.3 is 6.61 Å². The fraction of sp³-hybridized carbons (Fsp3) is 0.500. The molecule has 3 heterocycles. The zero-order valence-corrected chi connectivity index (χ0v) is 21.0. The van der Waals surface area contributed by atoms with Gasteiger partial charge in [-0.05, 0) is 45.7 Å². The minimum Gasteiger partial charge on any atom is -0.496 e. The molecule has 11 heteroatoms. The van der Waals surface area contributed by atoms with Crippen LogP contribution in [0.5, 0.6) is 5.75 Å². The first-order valence-corrected chi connectivity index (χ1v) is 12.2. The lowest BCUT2D eigenvalue weighted by molar-refractivity contribution is -0.135. The predicted octanol–water partition coefficient (Wildman–Crippen LogP) is 6.96. The van der Waals surface area contributed by atoms with Gasteiger partial charge in [-0.2, -0.15) is 8.78 Å². The van der Waals surface area contributed by atoms with E-state index >= 15 is 0 Å². The summed E-state index contributed by atoms with van der Waals surface area (Å²) in [5, 5.41) is 4.74. The highest BCUT2D eigenvalue weighted by molar-refractivity contribution is 6.05. The number of imidazole rings is 1. The van der Waals surface area contributed by atoms with Crippen LogP contribution in [0.3, 0.4) is 0 Å². The quantitative estimate of drug-likeness (QED) is 0.245. The molecule has 1 aliphatic carbocycles. The van der Waals surface area contributed by atoms with Crippen LogP contribution in [0.25, 0.3) is 33.1 Å². The van der Waals surface area contributed by atoms with Crippen LogP contribution in [0.4, 0.5) is 17.6 Å². The van der Waals surface area contributed by atoms with Crippen molar-refractivity contribution >= 4 is 21.9 Å². The van der Waals surface area contributed by atoms with Gasteiger partial charge in [-0.1, -0.05) is 5.16 Å². The van der Waals surface area contributed by atoms with Crippen molar-refractivity contribution in [2.75, 3.05) is 13.7 Å². The third-order valence-electron chi connectivity index (χ3n) is 7.15. The van der Waals surface area contributed by atoms with Gasteiger partial charge in [0.15, 0.2) is 0 Å². The lowest BCUT2D eigenvalue weighted by Crippen LogP contribution is -2.26. The lowest BCUT2D eigenvalue weighted by atomic mass is 9.86. The smallest absolute Gasteiger partial charge is 0.345 e. The van der Waals surface area contributed by atoms with Crippen LogP contribution in [0.2, 0.25) is 0 Å². The maximum absolute atomic E-state index is 13.9. The number of alkyl halides is 4. The first kappa shape index (κ1) is 25.4. The average Bonchev–Trinajstić information content (AvgIpc) is 3.41. The van der Waals surface area contributed by atoms with Gasteiger partial charge in [-0.25, -0.2) is 13.8 Å². The van der Waals surface area contributed by atoms with Crippen LogP contribution >= 0.6 is 0 Å². The Balaban J connectivity index is 1.72. The summed E-state index contributed by atoms with van der Waals surface area (Å²) in [6.07, 6.45) is 1.65. The van der Waals surface area contributed by atoms with E-state index in [-0.39, 0.29) is 38.2 Å². The standard InChI is InChI=1S/C26H28F4N4O3/c1-13(12-36-25(27)28)34-23-17-10-21(35-4)18(22-14(2)33-37-15(22)3)9-19(17)31-11-20(23)32-24(34)16-5-7-26(29,30)8-6-16/h9-11,13,16,25H,5-8,12H2,1-4H3. The van der Waals surface area contributed by atoms with E-state index in [1.807, 2.05) is 30.5 Å². The Morgan fingerprint density at radius 3 is 2.51 bits per heavy atom. The Bertz CT molecular complexity index is 1420. The van der Waals surface area contributed by atoms with Crippen molar-refractivity contribution in [2.45, 2.75) is 70.9 Å². The average molecular weight is 521 g/mol. The van der Waals surface area contributed by atoms with Crippen LogP contribution in [-0.2, 0) is 4.74 Å². The molecule has 0 aliphatic heterocycles. The molecule has 4 aromatic rings. The zero-order chi connectivity index (χ0) is 26.5. The van der Waals surface area contributed by atoms with Crippen molar-refractivity contribution < 1.29 is 31.6 Å². The number of hydrogen-bond acceptors (Lipinski definition) is 6. The van der Waals surface area contributed by atoms with Crippen LogP contribution in [0, 0.1) is 13.8 Å². The molecule has 1 unspecified atom stereocenters. The van der Waals surface area contributed by atoms with Crippen LogP contribution < -0.4 is 4.74 Å². The SMILES string of the molecule is COc1cc2c(cc1-c1c(C)noc1C)ncc1nc(C3CCC(F)(F)CC3)n(C(C)COC(F)F)c12. The fourth-order valence-electron chi connectivity index (χ4n) is 5.37. The highest BCUT2D eigenvalue weighted by Gasteiger charge is 2.38. The van der Waals surface area contributed by atoms with Crippen molar-refractivity contribution in [3.8, 4) is 16.9 Å². The van der Waals surface area contributed by atoms with E-state index in [2.05, 4.69) is 14.9 Å². The maximum atomic E-state index is 13.9. The molecule has 1 saturated carbocycles. The van der Waals surface area contributed by atoms with Gasteiger partial charge < -0.3 is 18.6 Å². The molecule has 0 N–H and O–H groups in total. The summed E-state index contributed by atoms with van der Waals surface area (Å²) in [5.41, 5.74) is 4.12. The molecule has 7 nitrogen and oxygen atoms in total. The van der Waals surface area contributed by atoms with Crippen LogP contribution in [0.15, 0.2) is 22.9 Å². The Labute approximate surface area is 210 Å². The second-order valence-electron chi connectivity index (χ2n) is 9.67. The van der Waals surface area contributed by atoms with Gasteiger partial charge in [0, 0.05) is 29.7 Å². The number of hydrogen-bond donors (Lipinski definition) is 0. The lowest BCUT2D eigenvalue weighted by Gasteiger charge is -2.29. The number of ether oxygens (including phenoxy) is 2. The Morgan fingerprint density at radius 2 is 1.89 bits per heavy atom. The molecule has 198 valence electrons. The topological polar surface area (TPSA) is 75.2 Å². The summed E-state index contributed by atoms with van der Waals surface area (Å²) in [6, 6.07) is 3.18. The fourth-order valence-corrected chi connectivity index (χ4v) is 5.37. The number of aryl methyl sites for hydroxylation is 2. The second kappa shape index (κ2) is 9.59. The molecule has 0 saturated heterocycles. The number of methoxy groups -OCH3 is 1. The zero-order valence-electron chi connectivity index (χ0n) is 21.0. The molecule has 0 radical (unpaired) electrons. The first-order valence-electron chi connectivity index (χ1n) is 12.2. The van der Waals surface area contributed by atoms with Gasteiger partial charge in [0.05, 0.1) is 48.2 Å². The van der Waals surface area contributed by atoms with E-state index in [1.54, 1.807) is 20.2 Å². The summed E-state index contributed by atoms with van der Waals surface area (Å²) in [5.74, 6) is -1.17. The molecular weight excluding hydrogens is 492 g/mol. The monoisotopic (exact) mass is 520 g/mol. The molecule has 0 bridgehead atoms. The number of rotatable bonds is 7. The normalized spacial score (nSPS) is 17.2. The molecule has 1 aliphatic rings. The van der Waals surface area contributed by atoms with Crippen molar-refractivity contribution in [3.63, 3.8) is 0 Å². The Morgan fingerprint density at radius 1 is 1.16 bits per heavy atom. The van der Waals surface area contributed by atoms with Crippen molar-refractivity contribution in [1.82, 2.24) is 19.7 Å². The van der Waals surface area contributed by atoms with Crippen molar-refractivity contribution in [3.05, 3.63) is 35.6 Å². The molecule has 0 spiro atoms. The summed E-state index contributed by atoms with van der Waals surface area (Å²) in [6.45, 7) is 2.22. The minimum atomic E-state index is -2.93. The highest BCUT2D eigenvalue weighted by atomic mass is 19.3. The molecule has 3 aromatic heterocycles. The summed E-state index contributed by atoms with van der Waals surface area (Å²) in [7, 11) is 1.56. The summed E-state index contributed by atoms with van der Waals surface area (Å²) in [4.78, 5) is 9.40. The molecule has 1 fully saturated rings. The van der Waals surface area contributed by atoms with Crippen molar-refractivity contribution in [1.29, 1.82) is 0 Å². The highest BCUT2D eigenvalue weighted by Crippen LogP contribution is 2.44. The van der Waals surface area contributed by atoms with Gasteiger partial charge in [0.2, 0.25) is 5.92 Å². The molecule has 0 amide bonds. The predicted molar refractivity (Wildman–Crippen MR) is 129 cm³/mol. The second-order valence-corrected chi connectivity index (χ2v) is 9.67. The third kappa shape index (κ3) is 4.65. The van der Waals surface area contributed by atoms with Crippen LogP contribution in [-0.4, -0.2) is 45.9 Å². The largest absolute Gasteiger partial charge is 0.496 e. The van der Waals surface area contributed by atoms with E-state index in [0.29, 0.717) is 45.0 Å². The van der Waals surface area contributed by atoms with Gasteiger partial charge in [0.25, 0.3) is 0 Å². The first-order chi connectivity index (χ1) is 17.6. The third-order valence-corrected chi connectivity index (χ3v) is 7.15. The molecular formula is C26H28F4N4O3. The number of nitrogens with zero attached hydrogens (tertiary/aromatic N) is 4. The summed E-state index contributed by atoms with van der Waals surface area (Å²) < 4.78 is 71.2. The minimum absolute atomic E-state index is 0.237. The van der Waals surface area contributed by atoms with E-state index < -0.39 is 18.6 Å². The summed E-state index contributed by atoms with van der Waals surface area (Å²) >= 11 is 0. The molecule has 1 atom stereocenters. The van der Waals surface area contributed by atoms with Gasteiger partial charge in [-0.3, -0.25) is 4.98 Å². The number of fused-ring (bicyclic) bond motifs is 3. The van der Waals surface area contributed by atoms with E-state index in [0.717, 1.165) is 11.1 Å². The van der Waals surface area contributed by atoms with Gasteiger partial charge in [-0.15, -0.1) is 0 Å².